The molecule has 1 atom stereocenters. The maximum Gasteiger partial charge on any atom is 0.416 e. The highest BCUT2D eigenvalue weighted by molar-refractivity contribution is 5.85. The number of nitrogens with zero attached hydrogens (tertiary/aromatic N) is 1. The molecule has 11 heteroatoms. The predicted molar refractivity (Wildman–Crippen MR) is 88.4 cm³/mol. The molecule has 0 unspecified atom stereocenters. The van der Waals surface area contributed by atoms with E-state index in [0.29, 0.717) is 32.2 Å². The molecule has 0 radical (unpaired) electrons. The molecule has 1 N–H and O–H groups in total. The van der Waals surface area contributed by atoms with Crippen molar-refractivity contribution in [1.29, 1.82) is 0 Å². The first-order chi connectivity index (χ1) is 11.1. The summed E-state index contributed by atoms with van der Waals surface area (Å²) in [5.41, 5.74) is -1.27. The van der Waals surface area contributed by atoms with E-state index in [4.69, 9.17) is 0 Å². The molecular weight excluding hydrogens is 412 g/mol. The van der Waals surface area contributed by atoms with E-state index < -0.39 is 42.6 Å². The van der Waals surface area contributed by atoms with Crippen LogP contribution in [0.3, 0.4) is 0 Å². The fourth-order valence-corrected chi connectivity index (χ4v) is 2.82. The van der Waals surface area contributed by atoms with Gasteiger partial charge in [-0.1, -0.05) is 0 Å². The summed E-state index contributed by atoms with van der Waals surface area (Å²) in [6.45, 7) is 1.81. The van der Waals surface area contributed by atoms with Gasteiger partial charge in [-0.15, -0.1) is 24.8 Å². The Bertz CT molecular complexity index is 558. The largest absolute Gasteiger partial charge is 0.416 e. The Balaban J connectivity index is 0.00000312. The standard InChI is InChI=1S/C15H17F7N2.2ClH/c16-12-8-10(7-11(9-12)15(20,21)22)13(1-2-14(17,18)19)24-5-3-23-4-6-24;;/h7-9,13,23H,1-6H2;2*1H/t13-;;/m1../s1. The summed E-state index contributed by atoms with van der Waals surface area (Å²) in [4.78, 5) is 1.66. The number of piperazine rings is 1. The van der Waals surface area contributed by atoms with Gasteiger partial charge in [0, 0.05) is 38.6 Å². The summed E-state index contributed by atoms with van der Waals surface area (Å²) in [5, 5.41) is 3.02. The van der Waals surface area contributed by atoms with Crippen LogP contribution in [0.1, 0.15) is 30.0 Å². The normalized spacial score (nSPS) is 17.2. The van der Waals surface area contributed by atoms with E-state index in [1.807, 2.05) is 0 Å². The summed E-state index contributed by atoms with van der Waals surface area (Å²) < 4.78 is 89.9. The van der Waals surface area contributed by atoms with Crippen molar-refractivity contribution in [3.8, 4) is 0 Å². The molecule has 152 valence electrons. The first kappa shape index (κ1) is 25.2. The molecule has 0 spiro atoms. The number of alkyl halides is 6. The summed E-state index contributed by atoms with van der Waals surface area (Å²) in [5.74, 6) is -1.10. The zero-order valence-corrected chi connectivity index (χ0v) is 15.1. The highest BCUT2D eigenvalue weighted by atomic mass is 35.5. The smallest absolute Gasteiger partial charge is 0.314 e. The lowest BCUT2D eigenvalue weighted by Gasteiger charge is -2.35. The average Bonchev–Trinajstić information content (AvgIpc) is 2.46. The average molecular weight is 431 g/mol. The topological polar surface area (TPSA) is 15.3 Å². The van der Waals surface area contributed by atoms with E-state index in [0.717, 1.165) is 12.1 Å². The second-order valence-corrected chi connectivity index (χ2v) is 5.73. The first-order valence-corrected chi connectivity index (χ1v) is 7.45. The van der Waals surface area contributed by atoms with E-state index in [1.54, 1.807) is 4.90 Å². The van der Waals surface area contributed by atoms with Crippen molar-refractivity contribution in [2.45, 2.75) is 31.2 Å². The van der Waals surface area contributed by atoms with Gasteiger partial charge in [-0.3, -0.25) is 4.90 Å². The Morgan fingerprint density at radius 3 is 2.04 bits per heavy atom. The fraction of sp³-hybridized carbons (Fsp3) is 0.600. The molecular formula is C15H19Cl2F7N2. The van der Waals surface area contributed by atoms with Crippen molar-refractivity contribution in [2.24, 2.45) is 0 Å². The van der Waals surface area contributed by atoms with Crippen molar-refractivity contribution >= 4 is 24.8 Å². The second-order valence-electron chi connectivity index (χ2n) is 5.73. The van der Waals surface area contributed by atoms with E-state index in [9.17, 15) is 30.7 Å². The monoisotopic (exact) mass is 430 g/mol. The Labute approximate surface area is 158 Å². The molecule has 2 nitrogen and oxygen atoms in total. The maximum absolute atomic E-state index is 13.6. The quantitative estimate of drug-likeness (QED) is 0.677. The lowest BCUT2D eigenvalue weighted by molar-refractivity contribution is -0.140. The van der Waals surface area contributed by atoms with E-state index >= 15 is 0 Å². The van der Waals surface area contributed by atoms with Crippen LogP contribution in [0.4, 0.5) is 30.7 Å². The van der Waals surface area contributed by atoms with Gasteiger partial charge in [-0.05, 0) is 30.2 Å². The number of nitrogens with one attached hydrogen (secondary N) is 1. The van der Waals surface area contributed by atoms with Gasteiger partial charge in [-0.25, -0.2) is 4.39 Å². The highest BCUT2D eigenvalue weighted by Gasteiger charge is 2.35. The molecule has 0 aliphatic carbocycles. The number of benzene rings is 1. The molecule has 1 aromatic carbocycles. The zero-order chi connectivity index (χ0) is 18.0. The molecule has 0 bridgehead atoms. The van der Waals surface area contributed by atoms with Crippen molar-refractivity contribution in [1.82, 2.24) is 10.2 Å². The minimum absolute atomic E-state index is 0. The van der Waals surface area contributed by atoms with E-state index in [1.165, 1.54) is 0 Å². The number of rotatable bonds is 4. The molecule has 1 fully saturated rings. The Hall–Kier alpha value is -0.770. The summed E-state index contributed by atoms with van der Waals surface area (Å²) in [6, 6.07) is 1.07. The molecule has 1 aliphatic rings. The minimum Gasteiger partial charge on any atom is -0.314 e. The number of hydrogen-bond donors (Lipinski definition) is 1. The first-order valence-electron chi connectivity index (χ1n) is 7.45. The van der Waals surface area contributed by atoms with Gasteiger partial charge >= 0.3 is 12.4 Å². The molecule has 0 aromatic heterocycles. The third kappa shape index (κ3) is 7.46. The lowest BCUT2D eigenvalue weighted by atomic mass is 9.97. The van der Waals surface area contributed by atoms with Crippen LogP contribution in [0.15, 0.2) is 18.2 Å². The summed E-state index contributed by atoms with van der Waals surface area (Å²) in [6.07, 6.45) is -10.7. The number of hydrogen-bond acceptors (Lipinski definition) is 2. The van der Waals surface area contributed by atoms with Crippen LogP contribution in [0.25, 0.3) is 0 Å². The van der Waals surface area contributed by atoms with Gasteiger partial charge < -0.3 is 5.32 Å². The van der Waals surface area contributed by atoms with Crippen LogP contribution < -0.4 is 5.32 Å². The molecule has 26 heavy (non-hydrogen) atoms. The van der Waals surface area contributed by atoms with Gasteiger partial charge in [0.25, 0.3) is 0 Å². The van der Waals surface area contributed by atoms with Crippen LogP contribution in [-0.2, 0) is 6.18 Å². The van der Waals surface area contributed by atoms with Crippen molar-refractivity contribution < 1.29 is 30.7 Å². The molecule has 0 amide bonds. The number of halogens is 9. The Kier molecular flexibility index (Phi) is 9.67. The third-order valence-corrected chi connectivity index (χ3v) is 3.93. The van der Waals surface area contributed by atoms with Crippen LogP contribution >= 0.6 is 24.8 Å². The van der Waals surface area contributed by atoms with Gasteiger partial charge in [-0.2, -0.15) is 26.3 Å². The van der Waals surface area contributed by atoms with Crippen LogP contribution in [0.5, 0.6) is 0 Å². The Morgan fingerprint density at radius 1 is 0.962 bits per heavy atom. The van der Waals surface area contributed by atoms with Crippen molar-refractivity contribution in [3.63, 3.8) is 0 Å². The second kappa shape index (κ2) is 9.96. The van der Waals surface area contributed by atoms with E-state index in [2.05, 4.69) is 5.32 Å². The SMILES string of the molecule is Cl.Cl.Fc1cc([C@@H](CCC(F)(F)F)N2CCNCC2)cc(C(F)(F)F)c1. The van der Waals surface area contributed by atoms with Crippen LogP contribution in [0, 0.1) is 5.82 Å². The minimum atomic E-state index is -4.76. The fourth-order valence-electron chi connectivity index (χ4n) is 2.82. The molecule has 2 rings (SSSR count). The van der Waals surface area contributed by atoms with E-state index in [-0.39, 0.29) is 30.4 Å². The summed E-state index contributed by atoms with van der Waals surface area (Å²) >= 11 is 0. The molecule has 0 saturated carbocycles. The van der Waals surface area contributed by atoms with Gasteiger partial charge in [0.15, 0.2) is 0 Å². The molecule has 1 saturated heterocycles. The molecule has 1 heterocycles. The molecule has 1 aromatic rings. The third-order valence-electron chi connectivity index (χ3n) is 3.93. The highest BCUT2D eigenvalue weighted by Crippen LogP contribution is 2.36. The van der Waals surface area contributed by atoms with Crippen LogP contribution in [-0.4, -0.2) is 37.3 Å². The lowest BCUT2D eigenvalue weighted by Crippen LogP contribution is -2.45. The van der Waals surface area contributed by atoms with Crippen molar-refractivity contribution in [3.05, 3.63) is 35.1 Å². The van der Waals surface area contributed by atoms with Gasteiger partial charge in [0.05, 0.1) is 5.56 Å². The van der Waals surface area contributed by atoms with Crippen molar-refractivity contribution in [2.75, 3.05) is 26.2 Å². The van der Waals surface area contributed by atoms with Gasteiger partial charge in [0.1, 0.15) is 5.82 Å². The predicted octanol–water partition coefficient (Wildman–Crippen LogP) is 4.98. The summed E-state index contributed by atoms with van der Waals surface area (Å²) in [7, 11) is 0. The zero-order valence-electron chi connectivity index (χ0n) is 13.5. The molecule has 1 aliphatic heterocycles. The Morgan fingerprint density at radius 2 is 1.54 bits per heavy atom. The maximum atomic E-state index is 13.6. The van der Waals surface area contributed by atoms with Gasteiger partial charge in [0.2, 0.25) is 0 Å². The van der Waals surface area contributed by atoms with Crippen LogP contribution in [0.2, 0.25) is 0 Å².